The van der Waals surface area contributed by atoms with Crippen LogP contribution >= 0.6 is 0 Å². The van der Waals surface area contributed by atoms with E-state index in [1.807, 2.05) is 0 Å². The fourth-order valence-corrected chi connectivity index (χ4v) is 5.47. The minimum Gasteiger partial charge on any atom is -0.443 e. The van der Waals surface area contributed by atoms with Crippen molar-refractivity contribution in [3.8, 4) is 0 Å². The number of carbonyl (C=O) groups excluding carboxylic acids is 2. The molecule has 8 atom stereocenters. The number of methoxy groups -OCH3 is 1. The Morgan fingerprint density at radius 1 is 1.25 bits per heavy atom. The van der Waals surface area contributed by atoms with Crippen LogP contribution in [0, 0.1) is 5.92 Å². The lowest BCUT2D eigenvalue weighted by molar-refractivity contribution is -0.127. The van der Waals surface area contributed by atoms with Gasteiger partial charge in [0.2, 0.25) is 5.91 Å². The van der Waals surface area contributed by atoms with Crippen LogP contribution in [0.2, 0.25) is 0 Å². The van der Waals surface area contributed by atoms with Crippen molar-refractivity contribution in [1.82, 2.24) is 5.32 Å². The standard InChI is InChI=1S/C22H36N2O8/c1-19(2,27)16(17(23)25)24-18(26)30-11-7-8-22(10-29-22)15(14(11)28-6)21(5)13(32-21)9-12-20(3,4)31-12/h11-16,27H,7-10H2,1-6H3,(H2,23,25)(H,24,26)/t11-,12-,13-,14-,15?,16+,21+,22+/m1/s1. The molecule has 3 aliphatic heterocycles. The van der Waals surface area contributed by atoms with Gasteiger partial charge in [-0.3, -0.25) is 4.79 Å². The first-order valence-electron chi connectivity index (χ1n) is 11.2. The average Bonchev–Trinajstić information content (AvgIpc) is 3.61. The molecule has 0 bridgehead atoms. The lowest BCUT2D eigenvalue weighted by Gasteiger charge is -2.42. The van der Waals surface area contributed by atoms with Crippen molar-refractivity contribution < 1.29 is 38.4 Å². The summed E-state index contributed by atoms with van der Waals surface area (Å²) in [6, 6.07) is -1.29. The zero-order chi connectivity index (χ0) is 23.7. The van der Waals surface area contributed by atoms with Crippen LogP contribution < -0.4 is 11.1 Å². The Morgan fingerprint density at radius 3 is 2.34 bits per heavy atom. The maximum Gasteiger partial charge on any atom is 0.408 e. The molecule has 1 saturated carbocycles. The van der Waals surface area contributed by atoms with Gasteiger partial charge in [-0.15, -0.1) is 0 Å². The number of ether oxygens (including phenoxy) is 5. The Hall–Kier alpha value is -1.46. The summed E-state index contributed by atoms with van der Waals surface area (Å²) in [5, 5.41) is 12.5. The van der Waals surface area contributed by atoms with Gasteiger partial charge < -0.3 is 39.8 Å². The molecule has 1 unspecified atom stereocenters. The van der Waals surface area contributed by atoms with Gasteiger partial charge in [0.1, 0.15) is 29.5 Å². The smallest absolute Gasteiger partial charge is 0.408 e. The van der Waals surface area contributed by atoms with Gasteiger partial charge in [-0.05, 0) is 47.5 Å². The van der Waals surface area contributed by atoms with Crippen molar-refractivity contribution in [2.24, 2.45) is 11.7 Å². The van der Waals surface area contributed by atoms with Crippen molar-refractivity contribution in [2.45, 2.75) is 107 Å². The summed E-state index contributed by atoms with van der Waals surface area (Å²) in [6.07, 6.45) is 0.383. The summed E-state index contributed by atoms with van der Waals surface area (Å²) >= 11 is 0. The lowest BCUT2D eigenvalue weighted by atomic mass is 9.68. The molecule has 10 heteroatoms. The van der Waals surface area contributed by atoms with Gasteiger partial charge in [-0.2, -0.15) is 0 Å². The molecule has 4 rings (SSSR count). The number of nitrogens with two attached hydrogens (primary N) is 1. The molecule has 0 radical (unpaired) electrons. The van der Waals surface area contributed by atoms with Crippen LogP contribution in [0.1, 0.15) is 53.9 Å². The number of amides is 2. The van der Waals surface area contributed by atoms with Crippen LogP contribution in [0.15, 0.2) is 0 Å². The highest BCUT2D eigenvalue weighted by molar-refractivity contribution is 5.85. The predicted octanol–water partition coefficient (Wildman–Crippen LogP) is 0.625. The summed E-state index contributed by atoms with van der Waals surface area (Å²) in [5.74, 6) is -0.976. The van der Waals surface area contributed by atoms with E-state index in [0.717, 1.165) is 6.42 Å². The normalized spacial score (nSPS) is 42.8. The molecule has 3 saturated heterocycles. The molecule has 4 aliphatic rings. The number of aliphatic hydroxyl groups is 1. The molecular formula is C22H36N2O8. The second-order valence-electron chi connectivity index (χ2n) is 10.9. The van der Waals surface area contributed by atoms with E-state index in [4.69, 9.17) is 29.4 Å². The van der Waals surface area contributed by atoms with E-state index >= 15 is 0 Å². The zero-order valence-electron chi connectivity index (χ0n) is 19.7. The topological polar surface area (TPSA) is 148 Å². The largest absolute Gasteiger partial charge is 0.443 e. The Labute approximate surface area is 188 Å². The van der Waals surface area contributed by atoms with E-state index in [9.17, 15) is 14.7 Å². The van der Waals surface area contributed by atoms with Gasteiger partial charge in [0, 0.05) is 13.5 Å². The number of rotatable bonds is 8. The van der Waals surface area contributed by atoms with Gasteiger partial charge in [-0.25, -0.2) is 4.79 Å². The number of nitrogens with one attached hydrogen (secondary N) is 1. The van der Waals surface area contributed by atoms with E-state index in [1.54, 1.807) is 7.11 Å². The number of hydrogen-bond acceptors (Lipinski definition) is 8. The third-order valence-electron chi connectivity index (χ3n) is 7.60. The van der Waals surface area contributed by atoms with Crippen LogP contribution in [-0.4, -0.2) is 83.7 Å². The van der Waals surface area contributed by atoms with Crippen LogP contribution in [-0.2, 0) is 28.5 Å². The SMILES string of the molecule is CO[C@H]1C([C@@]2(C)O[C@@H]2C[C@H]2OC2(C)C)[C@]2(CC[C@H]1OC(=O)N[C@@H](C(N)=O)C(C)(C)O)CO2. The van der Waals surface area contributed by atoms with Crippen LogP contribution in [0.25, 0.3) is 0 Å². The molecule has 4 fully saturated rings. The maximum atomic E-state index is 12.6. The minimum atomic E-state index is -1.53. The van der Waals surface area contributed by atoms with Gasteiger partial charge in [0.05, 0.1) is 35.9 Å². The monoisotopic (exact) mass is 456 g/mol. The van der Waals surface area contributed by atoms with Crippen molar-refractivity contribution in [2.75, 3.05) is 13.7 Å². The highest BCUT2D eigenvalue weighted by Crippen LogP contribution is 2.60. The maximum absolute atomic E-state index is 12.6. The van der Waals surface area contributed by atoms with E-state index in [-0.39, 0.29) is 29.3 Å². The molecular weight excluding hydrogens is 420 g/mol. The molecule has 10 nitrogen and oxygen atoms in total. The summed E-state index contributed by atoms with van der Waals surface area (Å²) < 4.78 is 29.4. The van der Waals surface area contributed by atoms with E-state index < -0.39 is 41.5 Å². The molecule has 1 aliphatic carbocycles. The summed E-state index contributed by atoms with van der Waals surface area (Å²) in [5.41, 5.74) is 2.87. The van der Waals surface area contributed by atoms with Crippen molar-refractivity contribution in [1.29, 1.82) is 0 Å². The molecule has 3 heterocycles. The highest BCUT2D eigenvalue weighted by atomic mass is 16.6. The fraction of sp³-hybridized carbons (Fsp3) is 0.909. The summed E-state index contributed by atoms with van der Waals surface area (Å²) in [6.45, 7) is 9.60. The van der Waals surface area contributed by atoms with Crippen LogP contribution in [0.4, 0.5) is 4.79 Å². The first kappa shape index (κ1) is 23.7. The predicted molar refractivity (Wildman–Crippen MR) is 112 cm³/mol. The first-order chi connectivity index (χ1) is 14.7. The Bertz CT molecular complexity index is 776. The van der Waals surface area contributed by atoms with Crippen LogP contribution in [0.5, 0.6) is 0 Å². The Morgan fingerprint density at radius 2 is 1.88 bits per heavy atom. The molecule has 32 heavy (non-hydrogen) atoms. The van der Waals surface area contributed by atoms with E-state index in [0.29, 0.717) is 19.4 Å². The summed E-state index contributed by atoms with van der Waals surface area (Å²) in [4.78, 5) is 24.3. The van der Waals surface area contributed by atoms with Crippen molar-refractivity contribution in [3.63, 3.8) is 0 Å². The number of primary amides is 1. The number of hydrogen-bond donors (Lipinski definition) is 3. The quantitative estimate of drug-likeness (QED) is 0.450. The first-order valence-corrected chi connectivity index (χ1v) is 11.2. The molecule has 0 aromatic rings. The molecule has 1 spiro atoms. The Kier molecular flexibility index (Phi) is 5.57. The average molecular weight is 457 g/mol. The third kappa shape index (κ3) is 4.23. The van der Waals surface area contributed by atoms with Gasteiger partial charge >= 0.3 is 6.09 Å². The second-order valence-corrected chi connectivity index (χ2v) is 10.9. The number of alkyl carbamates (subject to hydrolysis) is 1. The van der Waals surface area contributed by atoms with Gasteiger partial charge in [0.15, 0.2) is 0 Å². The fourth-order valence-electron chi connectivity index (χ4n) is 5.47. The summed E-state index contributed by atoms with van der Waals surface area (Å²) in [7, 11) is 1.59. The van der Waals surface area contributed by atoms with Crippen molar-refractivity contribution >= 4 is 12.0 Å². The van der Waals surface area contributed by atoms with E-state index in [2.05, 4.69) is 26.1 Å². The lowest BCUT2D eigenvalue weighted by Crippen LogP contribution is -2.59. The molecule has 182 valence electrons. The van der Waals surface area contributed by atoms with E-state index in [1.165, 1.54) is 13.8 Å². The molecule has 0 aromatic heterocycles. The third-order valence-corrected chi connectivity index (χ3v) is 7.60. The minimum absolute atomic E-state index is 0.0139. The van der Waals surface area contributed by atoms with Gasteiger partial charge in [-0.1, -0.05) is 0 Å². The second kappa shape index (κ2) is 7.53. The highest BCUT2D eigenvalue weighted by Gasteiger charge is 2.73. The molecule has 0 aromatic carbocycles. The Balaban J connectivity index is 1.45. The zero-order valence-corrected chi connectivity index (χ0v) is 19.7. The van der Waals surface area contributed by atoms with Crippen LogP contribution in [0.3, 0.4) is 0 Å². The molecule has 2 amide bonds. The van der Waals surface area contributed by atoms with Crippen molar-refractivity contribution in [3.05, 3.63) is 0 Å². The number of epoxide rings is 3. The number of carbonyl (C=O) groups is 2. The molecule has 4 N–H and O–H groups in total. The van der Waals surface area contributed by atoms with Gasteiger partial charge in [0.25, 0.3) is 0 Å².